The monoisotopic (exact) mass is 319 g/mol. The molecule has 3 rings (SSSR count). The normalized spacial score (nSPS) is 12.4. The Morgan fingerprint density at radius 2 is 1.95 bits per heavy atom. The van der Waals surface area contributed by atoms with Gasteiger partial charge >= 0.3 is 0 Å². The fraction of sp³-hybridized carbons (Fsp3) is 0.125. The van der Waals surface area contributed by atoms with Gasteiger partial charge in [0, 0.05) is 4.88 Å². The topological polar surface area (TPSA) is 34.4 Å². The van der Waals surface area contributed by atoms with Crippen molar-refractivity contribution in [3.05, 3.63) is 81.4 Å². The predicted molar refractivity (Wildman–Crippen MR) is 84.2 cm³/mol. The molecule has 1 aromatic carbocycles. The maximum absolute atomic E-state index is 6.02. The van der Waals surface area contributed by atoms with Crippen LogP contribution in [0.15, 0.2) is 65.3 Å². The Labute approximate surface area is 132 Å². The maximum atomic E-state index is 6.02. The quantitative estimate of drug-likeness (QED) is 0.662. The lowest BCUT2D eigenvalue weighted by Crippen LogP contribution is -2.21. The molecule has 0 amide bonds. The van der Waals surface area contributed by atoms with E-state index in [9.17, 15) is 0 Å². The Hall–Kier alpha value is -1.59. The van der Waals surface area contributed by atoms with E-state index in [0.29, 0.717) is 6.61 Å². The fourth-order valence-corrected chi connectivity index (χ4v) is 3.09. The summed E-state index contributed by atoms with van der Waals surface area (Å²) >= 11 is 7.52. The zero-order valence-electron chi connectivity index (χ0n) is 11.2. The molecule has 108 valence electrons. The van der Waals surface area contributed by atoms with Gasteiger partial charge in [-0.2, -0.15) is 5.48 Å². The first-order valence-corrected chi connectivity index (χ1v) is 7.72. The molecule has 3 nitrogen and oxygen atoms in total. The van der Waals surface area contributed by atoms with Gasteiger partial charge in [0.05, 0.1) is 17.2 Å². The molecule has 2 aromatic heterocycles. The molecule has 0 aliphatic carbocycles. The molecule has 0 aliphatic heterocycles. The Morgan fingerprint density at radius 1 is 1.10 bits per heavy atom. The number of halogens is 1. The summed E-state index contributed by atoms with van der Waals surface area (Å²) in [5.74, 6) is 0.793. The second kappa shape index (κ2) is 6.91. The molecule has 0 saturated heterocycles. The largest absolute Gasteiger partial charge is 0.467 e. The van der Waals surface area contributed by atoms with Crippen LogP contribution in [0.25, 0.3) is 0 Å². The summed E-state index contributed by atoms with van der Waals surface area (Å²) < 4.78 is 6.23. The molecule has 2 heterocycles. The smallest absolute Gasteiger partial charge is 0.128 e. The summed E-state index contributed by atoms with van der Waals surface area (Å²) in [7, 11) is 0. The van der Waals surface area contributed by atoms with Crippen molar-refractivity contribution in [1.82, 2.24) is 5.48 Å². The summed E-state index contributed by atoms with van der Waals surface area (Å²) in [6.07, 6.45) is 1.65. The Morgan fingerprint density at radius 3 is 2.62 bits per heavy atom. The molecule has 1 N–H and O–H groups in total. The Balaban J connectivity index is 1.68. The summed E-state index contributed by atoms with van der Waals surface area (Å²) in [6.45, 7) is 0.483. The summed E-state index contributed by atoms with van der Waals surface area (Å²) in [5.41, 5.74) is 4.16. The third-order valence-corrected chi connectivity index (χ3v) is 4.29. The summed E-state index contributed by atoms with van der Waals surface area (Å²) in [6, 6.07) is 17.4. The first-order valence-electron chi connectivity index (χ1n) is 6.53. The van der Waals surface area contributed by atoms with Crippen LogP contribution in [0.3, 0.4) is 0 Å². The van der Waals surface area contributed by atoms with Gasteiger partial charge in [-0.25, -0.2) is 0 Å². The standard InChI is InChI=1S/C16H14ClNO2S/c17-15-9-8-14(21-15)16(13-7-4-10-19-13)18-20-11-12-5-2-1-3-6-12/h1-10,16,18H,11H2. The van der Waals surface area contributed by atoms with E-state index in [-0.39, 0.29) is 6.04 Å². The molecule has 0 aliphatic rings. The Bertz CT molecular complexity index is 667. The van der Waals surface area contributed by atoms with E-state index in [2.05, 4.69) is 5.48 Å². The lowest BCUT2D eigenvalue weighted by Gasteiger charge is -2.15. The molecule has 3 aromatic rings. The average Bonchev–Trinajstić information content (AvgIpc) is 3.16. The van der Waals surface area contributed by atoms with Gasteiger partial charge in [0.1, 0.15) is 11.8 Å². The molecule has 1 atom stereocenters. The van der Waals surface area contributed by atoms with Gasteiger partial charge in [-0.05, 0) is 29.8 Å². The van der Waals surface area contributed by atoms with Crippen molar-refractivity contribution in [3.8, 4) is 0 Å². The van der Waals surface area contributed by atoms with Crippen LogP contribution >= 0.6 is 22.9 Å². The van der Waals surface area contributed by atoms with Crippen molar-refractivity contribution < 1.29 is 9.25 Å². The number of nitrogens with one attached hydrogen (secondary N) is 1. The van der Waals surface area contributed by atoms with Crippen LogP contribution in [0, 0.1) is 0 Å². The van der Waals surface area contributed by atoms with Crippen molar-refractivity contribution in [2.75, 3.05) is 0 Å². The third-order valence-electron chi connectivity index (χ3n) is 2.99. The van der Waals surface area contributed by atoms with Crippen LogP contribution in [0.1, 0.15) is 22.2 Å². The zero-order chi connectivity index (χ0) is 14.5. The van der Waals surface area contributed by atoms with Gasteiger partial charge in [-0.15, -0.1) is 11.3 Å². The number of hydroxylamine groups is 1. The van der Waals surface area contributed by atoms with E-state index in [4.69, 9.17) is 20.9 Å². The minimum Gasteiger partial charge on any atom is -0.467 e. The van der Waals surface area contributed by atoms with E-state index in [1.165, 1.54) is 11.3 Å². The van der Waals surface area contributed by atoms with Crippen molar-refractivity contribution in [3.63, 3.8) is 0 Å². The molecular weight excluding hydrogens is 306 g/mol. The van der Waals surface area contributed by atoms with E-state index in [0.717, 1.165) is 20.5 Å². The van der Waals surface area contributed by atoms with E-state index >= 15 is 0 Å². The van der Waals surface area contributed by atoms with Crippen LogP contribution in [0.4, 0.5) is 0 Å². The average molecular weight is 320 g/mol. The zero-order valence-corrected chi connectivity index (χ0v) is 12.7. The fourth-order valence-electron chi connectivity index (χ4n) is 1.98. The SMILES string of the molecule is Clc1ccc(C(NOCc2ccccc2)c2ccco2)s1. The van der Waals surface area contributed by atoms with Crippen molar-refractivity contribution >= 4 is 22.9 Å². The van der Waals surface area contributed by atoms with Crippen molar-refractivity contribution in [1.29, 1.82) is 0 Å². The molecule has 0 radical (unpaired) electrons. The summed E-state index contributed by atoms with van der Waals surface area (Å²) in [4.78, 5) is 6.67. The molecule has 0 saturated carbocycles. The minimum absolute atomic E-state index is 0.166. The highest BCUT2D eigenvalue weighted by atomic mass is 35.5. The highest BCUT2D eigenvalue weighted by Crippen LogP contribution is 2.31. The molecular formula is C16H14ClNO2S. The minimum atomic E-state index is -0.166. The van der Waals surface area contributed by atoms with Crippen LogP contribution in [0.2, 0.25) is 4.34 Å². The third kappa shape index (κ3) is 3.74. The lowest BCUT2D eigenvalue weighted by molar-refractivity contribution is 0.00817. The van der Waals surface area contributed by atoms with Gasteiger partial charge < -0.3 is 4.42 Å². The van der Waals surface area contributed by atoms with Crippen molar-refractivity contribution in [2.24, 2.45) is 0 Å². The van der Waals surface area contributed by atoms with Crippen LogP contribution in [-0.4, -0.2) is 0 Å². The maximum Gasteiger partial charge on any atom is 0.128 e. The molecule has 5 heteroatoms. The van der Waals surface area contributed by atoms with E-state index < -0.39 is 0 Å². The van der Waals surface area contributed by atoms with Gasteiger partial charge in [0.15, 0.2) is 0 Å². The Kier molecular flexibility index (Phi) is 4.72. The number of thiophene rings is 1. The van der Waals surface area contributed by atoms with Gasteiger partial charge in [-0.1, -0.05) is 41.9 Å². The van der Waals surface area contributed by atoms with Gasteiger partial charge in [-0.3, -0.25) is 4.84 Å². The first kappa shape index (κ1) is 14.4. The van der Waals surface area contributed by atoms with Gasteiger partial charge in [0.2, 0.25) is 0 Å². The number of furan rings is 1. The van der Waals surface area contributed by atoms with Gasteiger partial charge in [0.25, 0.3) is 0 Å². The molecule has 21 heavy (non-hydrogen) atoms. The highest BCUT2D eigenvalue weighted by molar-refractivity contribution is 7.16. The number of hydrogen-bond acceptors (Lipinski definition) is 4. The number of benzene rings is 1. The number of rotatable bonds is 6. The van der Waals surface area contributed by atoms with Crippen molar-refractivity contribution in [2.45, 2.75) is 12.6 Å². The first-order chi connectivity index (χ1) is 10.3. The van der Waals surface area contributed by atoms with Crippen LogP contribution in [0.5, 0.6) is 0 Å². The molecule has 0 fully saturated rings. The molecule has 0 bridgehead atoms. The lowest BCUT2D eigenvalue weighted by atomic mass is 10.2. The molecule has 1 unspecified atom stereocenters. The van der Waals surface area contributed by atoms with E-state index in [1.54, 1.807) is 6.26 Å². The molecule has 0 spiro atoms. The van der Waals surface area contributed by atoms with Crippen LogP contribution in [-0.2, 0) is 11.4 Å². The summed E-state index contributed by atoms with van der Waals surface area (Å²) in [5, 5.41) is 0. The second-order valence-corrected chi connectivity index (χ2v) is 6.23. The van der Waals surface area contributed by atoms with Crippen LogP contribution < -0.4 is 5.48 Å². The van der Waals surface area contributed by atoms with E-state index in [1.807, 2.05) is 54.6 Å². The second-order valence-electron chi connectivity index (χ2n) is 4.48. The number of hydrogen-bond donors (Lipinski definition) is 1. The highest BCUT2D eigenvalue weighted by Gasteiger charge is 2.19. The predicted octanol–water partition coefficient (Wildman–Crippen LogP) is 4.81.